The number of rotatable bonds is 2. The van der Waals surface area contributed by atoms with Gasteiger partial charge in [0.1, 0.15) is 5.02 Å². The lowest BCUT2D eigenvalue weighted by atomic mass is 10.3. The molecule has 7 heteroatoms. The van der Waals surface area contributed by atoms with E-state index in [1.54, 1.807) is 0 Å². The first kappa shape index (κ1) is 13.1. The number of nitrogens with two attached hydrogens (primary N) is 2. The number of fused-ring (bicyclic) bond motifs is 1. The van der Waals surface area contributed by atoms with Crippen LogP contribution >= 0.6 is 23.4 Å². The number of benzene rings is 2. The van der Waals surface area contributed by atoms with Crippen molar-refractivity contribution >= 4 is 45.8 Å². The smallest absolute Gasteiger partial charge is 0.171 e. The molecule has 20 heavy (non-hydrogen) atoms. The fourth-order valence-electron chi connectivity index (χ4n) is 1.83. The van der Waals surface area contributed by atoms with Gasteiger partial charge in [-0.1, -0.05) is 23.7 Å². The molecule has 2 aromatic carbocycles. The van der Waals surface area contributed by atoms with Gasteiger partial charge in [0.15, 0.2) is 11.0 Å². The van der Waals surface area contributed by atoms with Crippen molar-refractivity contribution < 1.29 is 4.39 Å². The van der Waals surface area contributed by atoms with E-state index < -0.39 is 5.82 Å². The summed E-state index contributed by atoms with van der Waals surface area (Å²) in [6.45, 7) is 0. The van der Waals surface area contributed by atoms with Gasteiger partial charge in [-0.2, -0.15) is 0 Å². The predicted molar refractivity (Wildman–Crippen MR) is 80.5 cm³/mol. The van der Waals surface area contributed by atoms with Crippen molar-refractivity contribution in [3.63, 3.8) is 0 Å². The molecule has 5 N–H and O–H groups in total. The van der Waals surface area contributed by atoms with Gasteiger partial charge in [0.25, 0.3) is 0 Å². The molecule has 1 aromatic heterocycles. The molecule has 102 valence electrons. The van der Waals surface area contributed by atoms with Gasteiger partial charge in [0.2, 0.25) is 0 Å². The van der Waals surface area contributed by atoms with Crippen molar-refractivity contribution in [2.24, 2.45) is 0 Å². The first-order chi connectivity index (χ1) is 9.56. The summed E-state index contributed by atoms with van der Waals surface area (Å²) in [4.78, 5) is 7.65. The van der Waals surface area contributed by atoms with Crippen LogP contribution in [0.3, 0.4) is 0 Å². The third kappa shape index (κ3) is 2.17. The van der Waals surface area contributed by atoms with Crippen molar-refractivity contribution in [3.8, 4) is 0 Å². The highest BCUT2D eigenvalue weighted by Gasteiger charge is 2.17. The van der Waals surface area contributed by atoms with E-state index in [4.69, 9.17) is 23.1 Å². The Morgan fingerprint density at radius 3 is 2.70 bits per heavy atom. The normalized spacial score (nSPS) is 11.1. The maximum atomic E-state index is 14.1. The van der Waals surface area contributed by atoms with Crippen molar-refractivity contribution in [3.05, 3.63) is 41.2 Å². The summed E-state index contributed by atoms with van der Waals surface area (Å²) >= 11 is 6.88. The molecule has 0 fully saturated rings. The van der Waals surface area contributed by atoms with Gasteiger partial charge in [0, 0.05) is 0 Å². The highest BCUT2D eigenvalue weighted by Crippen LogP contribution is 2.39. The third-order valence-electron chi connectivity index (χ3n) is 2.79. The molecule has 0 atom stereocenters. The SMILES string of the molecule is Nc1cc(N)c(Sc2nc3ccccc3[nH]2)c(F)c1Cl. The predicted octanol–water partition coefficient (Wildman–Crippen LogP) is 3.67. The number of H-pyrrole nitrogens is 1. The number of nitrogens with zero attached hydrogens (tertiary/aromatic N) is 1. The number of hydrogen-bond donors (Lipinski definition) is 3. The number of halogens is 2. The maximum Gasteiger partial charge on any atom is 0.171 e. The van der Waals surface area contributed by atoms with Crippen LogP contribution in [0, 0.1) is 5.82 Å². The molecular formula is C13H10ClFN4S. The minimum atomic E-state index is -0.630. The Hall–Kier alpha value is -1.92. The lowest BCUT2D eigenvalue weighted by Crippen LogP contribution is -1.98. The Kier molecular flexibility index (Phi) is 3.19. The number of aromatic nitrogens is 2. The Bertz CT molecular complexity index is 769. The topological polar surface area (TPSA) is 80.7 Å². The van der Waals surface area contributed by atoms with Gasteiger partial charge in [-0.25, -0.2) is 9.37 Å². The molecule has 0 amide bonds. The zero-order chi connectivity index (χ0) is 14.3. The van der Waals surface area contributed by atoms with Gasteiger partial charge >= 0.3 is 0 Å². The lowest BCUT2D eigenvalue weighted by molar-refractivity contribution is 0.604. The fraction of sp³-hybridized carbons (Fsp3) is 0. The zero-order valence-electron chi connectivity index (χ0n) is 10.2. The van der Waals surface area contributed by atoms with Gasteiger partial charge < -0.3 is 16.5 Å². The molecule has 4 nitrogen and oxygen atoms in total. The number of imidazole rings is 1. The van der Waals surface area contributed by atoms with E-state index >= 15 is 0 Å². The van der Waals surface area contributed by atoms with Crippen LogP contribution in [-0.2, 0) is 0 Å². The van der Waals surface area contributed by atoms with Crippen LogP contribution < -0.4 is 11.5 Å². The molecule has 0 saturated carbocycles. The molecule has 0 spiro atoms. The molecule has 1 heterocycles. The van der Waals surface area contributed by atoms with Crippen molar-refractivity contribution in [1.82, 2.24) is 9.97 Å². The largest absolute Gasteiger partial charge is 0.398 e. The number of anilines is 2. The van der Waals surface area contributed by atoms with Crippen molar-refractivity contribution in [1.29, 1.82) is 0 Å². The molecule has 0 bridgehead atoms. The Morgan fingerprint density at radius 2 is 1.95 bits per heavy atom. The molecule has 0 radical (unpaired) electrons. The number of aromatic amines is 1. The second-order valence-corrected chi connectivity index (χ2v) is 5.55. The number of nitrogens with one attached hydrogen (secondary N) is 1. The van der Waals surface area contributed by atoms with Crippen molar-refractivity contribution in [2.45, 2.75) is 10.1 Å². The van der Waals surface area contributed by atoms with Gasteiger partial charge in [0.05, 0.1) is 27.3 Å². The van der Waals surface area contributed by atoms with Crippen LogP contribution in [0.5, 0.6) is 0 Å². The van der Waals surface area contributed by atoms with Crippen LogP contribution in [0.15, 0.2) is 40.4 Å². The van der Waals surface area contributed by atoms with Crippen LogP contribution in [0.25, 0.3) is 11.0 Å². The Morgan fingerprint density at radius 1 is 1.20 bits per heavy atom. The number of nitrogen functional groups attached to an aromatic ring is 2. The average Bonchev–Trinajstić information content (AvgIpc) is 2.83. The minimum absolute atomic E-state index is 0.121. The summed E-state index contributed by atoms with van der Waals surface area (Å²) in [6, 6.07) is 8.97. The minimum Gasteiger partial charge on any atom is -0.398 e. The maximum absolute atomic E-state index is 14.1. The monoisotopic (exact) mass is 308 g/mol. The molecule has 0 aliphatic heterocycles. The van der Waals surface area contributed by atoms with E-state index in [1.807, 2.05) is 24.3 Å². The van der Waals surface area contributed by atoms with E-state index in [0.717, 1.165) is 22.8 Å². The summed E-state index contributed by atoms with van der Waals surface area (Å²) in [7, 11) is 0. The second-order valence-electron chi connectivity index (χ2n) is 4.17. The average molecular weight is 309 g/mol. The number of hydrogen-bond acceptors (Lipinski definition) is 4. The highest BCUT2D eigenvalue weighted by molar-refractivity contribution is 7.99. The van der Waals surface area contributed by atoms with Crippen LogP contribution in [-0.4, -0.2) is 9.97 Å². The van der Waals surface area contributed by atoms with Crippen LogP contribution in [0.2, 0.25) is 5.02 Å². The standard InChI is InChI=1S/C13H10ClFN4S/c14-10-6(16)5-7(17)12(11(10)15)20-13-18-8-3-1-2-4-9(8)19-13/h1-5H,16-17H2,(H,18,19). The zero-order valence-corrected chi connectivity index (χ0v) is 11.7. The highest BCUT2D eigenvalue weighted by atomic mass is 35.5. The van der Waals surface area contributed by atoms with E-state index in [9.17, 15) is 4.39 Å². The van der Waals surface area contributed by atoms with E-state index in [1.165, 1.54) is 6.07 Å². The summed E-state index contributed by atoms with van der Waals surface area (Å²) in [5, 5.41) is 0.412. The van der Waals surface area contributed by atoms with Gasteiger partial charge in [-0.15, -0.1) is 0 Å². The summed E-state index contributed by atoms with van der Waals surface area (Å²) < 4.78 is 14.1. The van der Waals surface area contributed by atoms with Crippen LogP contribution in [0.4, 0.5) is 15.8 Å². The third-order valence-corrected chi connectivity index (χ3v) is 4.17. The Balaban J connectivity index is 2.05. The molecule has 3 aromatic rings. The lowest BCUT2D eigenvalue weighted by Gasteiger charge is -2.08. The molecule has 0 unspecified atom stereocenters. The van der Waals surface area contributed by atoms with Crippen LogP contribution in [0.1, 0.15) is 0 Å². The van der Waals surface area contributed by atoms with Gasteiger partial charge in [-0.05, 0) is 30.0 Å². The number of para-hydroxylation sites is 2. The summed E-state index contributed by atoms with van der Waals surface area (Å²) in [6.07, 6.45) is 0. The summed E-state index contributed by atoms with van der Waals surface area (Å²) in [5.74, 6) is -0.630. The van der Waals surface area contributed by atoms with Crippen molar-refractivity contribution in [2.75, 3.05) is 11.5 Å². The van der Waals surface area contributed by atoms with E-state index in [2.05, 4.69) is 9.97 Å². The first-order valence-corrected chi connectivity index (χ1v) is 6.91. The molecule has 0 aliphatic rings. The van der Waals surface area contributed by atoms with E-state index in [-0.39, 0.29) is 21.3 Å². The Labute approximate surface area is 123 Å². The molecule has 3 rings (SSSR count). The van der Waals surface area contributed by atoms with Gasteiger partial charge in [-0.3, -0.25) is 0 Å². The fourth-order valence-corrected chi connectivity index (χ4v) is 2.90. The molecule has 0 saturated heterocycles. The quantitative estimate of drug-likeness (QED) is 0.631. The summed E-state index contributed by atoms with van der Waals surface area (Å²) in [5.41, 5.74) is 13.4. The second kappa shape index (κ2) is 4.88. The molecule has 0 aliphatic carbocycles. The molecular weight excluding hydrogens is 299 g/mol. The van der Waals surface area contributed by atoms with E-state index in [0.29, 0.717) is 5.16 Å². The first-order valence-electron chi connectivity index (χ1n) is 5.72.